The smallest absolute Gasteiger partial charge is 0.224 e. The fourth-order valence-corrected chi connectivity index (χ4v) is 3.12. The highest BCUT2D eigenvalue weighted by molar-refractivity contribution is 5.89. The number of nitrogens with one attached hydrogen (secondary N) is 1. The Bertz CT molecular complexity index is 439. The first-order valence-corrected chi connectivity index (χ1v) is 6.66. The van der Waals surface area contributed by atoms with Crippen molar-refractivity contribution in [1.29, 1.82) is 0 Å². The zero-order chi connectivity index (χ0) is 13.8. The summed E-state index contributed by atoms with van der Waals surface area (Å²) in [7, 11) is 0. The molecule has 19 heavy (non-hydrogen) atoms. The SMILES string of the molecule is C=CCC=CCNC(=O)C1C2C=CC(C2)C1C(N)=O. The minimum atomic E-state index is -0.362. The Balaban J connectivity index is 1.93. The minimum absolute atomic E-state index is 0.0658. The van der Waals surface area contributed by atoms with Crippen LogP contribution in [0.3, 0.4) is 0 Å². The second-order valence-corrected chi connectivity index (χ2v) is 5.14. The molecule has 0 aromatic heterocycles. The van der Waals surface area contributed by atoms with Crippen molar-refractivity contribution >= 4 is 11.8 Å². The number of nitrogens with two attached hydrogens (primary N) is 1. The Morgan fingerprint density at radius 2 is 1.95 bits per heavy atom. The highest BCUT2D eigenvalue weighted by Gasteiger charge is 2.50. The van der Waals surface area contributed by atoms with Gasteiger partial charge in [0.25, 0.3) is 0 Å². The van der Waals surface area contributed by atoms with Gasteiger partial charge in [-0.3, -0.25) is 9.59 Å². The lowest BCUT2D eigenvalue weighted by Gasteiger charge is -2.24. The molecule has 102 valence electrons. The average molecular weight is 260 g/mol. The van der Waals surface area contributed by atoms with Crippen LogP contribution in [-0.2, 0) is 9.59 Å². The summed E-state index contributed by atoms with van der Waals surface area (Å²) < 4.78 is 0. The molecule has 4 nitrogen and oxygen atoms in total. The van der Waals surface area contributed by atoms with Gasteiger partial charge < -0.3 is 11.1 Å². The van der Waals surface area contributed by atoms with Gasteiger partial charge in [-0.2, -0.15) is 0 Å². The van der Waals surface area contributed by atoms with Crippen molar-refractivity contribution in [2.45, 2.75) is 12.8 Å². The second-order valence-electron chi connectivity index (χ2n) is 5.14. The topological polar surface area (TPSA) is 72.2 Å². The summed E-state index contributed by atoms with van der Waals surface area (Å²) in [6.45, 7) is 4.10. The van der Waals surface area contributed by atoms with Crippen LogP contribution >= 0.6 is 0 Å². The Morgan fingerprint density at radius 3 is 2.58 bits per heavy atom. The van der Waals surface area contributed by atoms with Gasteiger partial charge >= 0.3 is 0 Å². The third kappa shape index (κ3) is 2.78. The molecule has 4 unspecified atom stereocenters. The molecule has 2 aliphatic carbocycles. The van der Waals surface area contributed by atoms with Gasteiger partial charge in [0.05, 0.1) is 11.8 Å². The molecule has 0 aliphatic heterocycles. The predicted molar refractivity (Wildman–Crippen MR) is 73.9 cm³/mol. The number of rotatable bonds is 6. The Hall–Kier alpha value is -1.84. The summed E-state index contributed by atoms with van der Waals surface area (Å²) in [6.07, 6.45) is 11.4. The summed E-state index contributed by atoms with van der Waals surface area (Å²) in [4.78, 5) is 23.7. The summed E-state index contributed by atoms with van der Waals surface area (Å²) in [5.41, 5.74) is 5.43. The van der Waals surface area contributed by atoms with Crippen LogP contribution in [0.25, 0.3) is 0 Å². The van der Waals surface area contributed by atoms with Crippen molar-refractivity contribution in [2.24, 2.45) is 29.4 Å². The van der Waals surface area contributed by atoms with Gasteiger partial charge in [-0.1, -0.05) is 30.4 Å². The van der Waals surface area contributed by atoms with E-state index in [0.717, 1.165) is 12.8 Å². The van der Waals surface area contributed by atoms with E-state index in [9.17, 15) is 9.59 Å². The summed E-state index contributed by atoms with van der Waals surface area (Å²) in [5.74, 6) is -0.746. The highest BCUT2D eigenvalue weighted by atomic mass is 16.2. The molecular weight excluding hydrogens is 240 g/mol. The number of hydrogen-bond acceptors (Lipinski definition) is 2. The molecular formula is C15H20N2O2. The van der Waals surface area contributed by atoms with Crippen molar-refractivity contribution in [2.75, 3.05) is 6.54 Å². The molecule has 2 rings (SSSR count). The number of allylic oxidation sites excluding steroid dienone is 4. The maximum atomic E-state index is 12.2. The van der Waals surface area contributed by atoms with E-state index in [-0.39, 0.29) is 35.5 Å². The van der Waals surface area contributed by atoms with Crippen LogP contribution < -0.4 is 11.1 Å². The molecule has 2 amide bonds. The lowest BCUT2D eigenvalue weighted by atomic mass is 9.82. The zero-order valence-electron chi connectivity index (χ0n) is 10.9. The first kappa shape index (κ1) is 13.6. The molecule has 0 aromatic rings. The van der Waals surface area contributed by atoms with E-state index in [1.807, 2.05) is 24.3 Å². The molecule has 1 fully saturated rings. The van der Waals surface area contributed by atoms with E-state index in [2.05, 4.69) is 11.9 Å². The molecule has 2 bridgehead atoms. The number of hydrogen-bond donors (Lipinski definition) is 2. The number of fused-ring (bicyclic) bond motifs is 2. The van der Waals surface area contributed by atoms with Gasteiger partial charge in [-0.25, -0.2) is 0 Å². The molecule has 1 saturated carbocycles. The van der Waals surface area contributed by atoms with Crippen LogP contribution in [0.2, 0.25) is 0 Å². The van der Waals surface area contributed by atoms with E-state index >= 15 is 0 Å². The van der Waals surface area contributed by atoms with E-state index < -0.39 is 0 Å². The zero-order valence-corrected chi connectivity index (χ0v) is 10.9. The quantitative estimate of drug-likeness (QED) is 0.703. The molecule has 3 N–H and O–H groups in total. The van der Waals surface area contributed by atoms with Crippen molar-refractivity contribution in [3.05, 3.63) is 37.0 Å². The van der Waals surface area contributed by atoms with Gasteiger partial charge in [0.2, 0.25) is 11.8 Å². The average Bonchev–Trinajstić information content (AvgIpc) is 2.98. The van der Waals surface area contributed by atoms with E-state index in [1.54, 1.807) is 6.08 Å². The molecule has 0 saturated heterocycles. The second kappa shape index (κ2) is 5.87. The van der Waals surface area contributed by atoms with Crippen LogP contribution in [0.4, 0.5) is 0 Å². The third-order valence-electron chi connectivity index (χ3n) is 3.95. The van der Waals surface area contributed by atoms with Crippen molar-refractivity contribution in [3.8, 4) is 0 Å². The number of carbonyl (C=O) groups is 2. The lowest BCUT2D eigenvalue weighted by Crippen LogP contribution is -2.42. The van der Waals surface area contributed by atoms with E-state index in [4.69, 9.17) is 5.73 Å². The van der Waals surface area contributed by atoms with Gasteiger partial charge in [0.1, 0.15) is 0 Å². The van der Waals surface area contributed by atoms with Gasteiger partial charge in [0.15, 0.2) is 0 Å². The maximum absolute atomic E-state index is 12.2. The third-order valence-corrected chi connectivity index (χ3v) is 3.95. The molecule has 0 aromatic carbocycles. The summed E-state index contributed by atoms with van der Waals surface area (Å²) in [5, 5.41) is 2.85. The Kier molecular flexibility index (Phi) is 4.20. The van der Waals surface area contributed by atoms with Crippen LogP contribution in [0.1, 0.15) is 12.8 Å². The van der Waals surface area contributed by atoms with Crippen molar-refractivity contribution < 1.29 is 9.59 Å². The fourth-order valence-electron chi connectivity index (χ4n) is 3.12. The number of primary amides is 1. The highest BCUT2D eigenvalue weighted by Crippen LogP contribution is 2.47. The first-order valence-electron chi connectivity index (χ1n) is 6.66. The maximum Gasteiger partial charge on any atom is 0.224 e. The van der Waals surface area contributed by atoms with Crippen molar-refractivity contribution in [3.63, 3.8) is 0 Å². The fraction of sp³-hybridized carbons (Fsp3) is 0.467. The first-order chi connectivity index (χ1) is 9.15. The molecule has 4 heteroatoms. The van der Waals surface area contributed by atoms with Gasteiger partial charge in [-0.15, -0.1) is 6.58 Å². The molecule has 0 heterocycles. The normalized spacial score (nSPS) is 31.8. The molecule has 2 aliphatic rings. The van der Waals surface area contributed by atoms with Crippen LogP contribution in [0.5, 0.6) is 0 Å². The summed E-state index contributed by atoms with van der Waals surface area (Å²) >= 11 is 0. The lowest BCUT2D eigenvalue weighted by molar-refractivity contribution is -0.133. The minimum Gasteiger partial charge on any atom is -0.369 e. The number of carbonyl (C=O) groups excluding carboxylic acids is 2. The largest absolute Gasteiger partial charge is 0.369 e. The van der Waals surface area contributed by atoms with Crippen LogP contribution in [0.15, 0.2) is 37.0 Å². The predicted octanol–water partition coefficient (Wildman–Crippen LogP) is 1.16. The van der Waals surface area contributed by atoms with E-state index in [1.165, 1.54) is 0 Å². The summed E-state index contributed by atoms with van der Waals surface area (Å²) in [6, 6.07) is 0. The molecule has 0 radical (unpaired) electrons. The monoisotopic (exact) mass is 260 g/mol. The van der Waals surface area contributed by atoms with Crippen LogP contribution in [-0.4, -0.2) is 18.4 Å². The number of amides is 2. The van der Waals surface area contributed by atoms with Gasteiger partial charge in [-0.05, 0) is 24.7 Å². The molecule has 4 atom stereocenters. The van der Waals surface area contributed by atoms with Gasteiger partial charge in [0, 0.05) is 6.54 Å². The Labute approximate surface area is 113 Å². The van der Waals surface area contributed by atoms with E-state index in [0.29, 0.717) is 6.54 Å². The Morgan fingerprint density at radius 1 is 1.26 bits per heavy atom. The van der Waals surface area contributed by atoms with Crippen LogP contribution in [0, 0.1) is 23.7 Å². The van der Waals surface area contributed by atoms with Crippen molar-refractivity contribution in [1.82, 2.24) is 5.32 Å². The standard InChI is InChI=1S/C15H20N2O2/c1-2-3-4-5-8-17-15(19)13-11-7-6-10(9-11)12(13)14(16)18/h2,4-7,10-13H,1,3,8-9H2,(H2,16,18)(H,17,19). The molecule has 0 spiro atoms.